The number of sulfonamides is 1. The summed E-state index contributed by atoms with van der Waals surface area (Å²) in [7, 11) is -3.43. The summed E-state index contributed by atoms with van der Waals surface area (Å²) in [5.41, 5.74) is 0. The lowest BCUT2D eigenvalue weighted by Crippen LogP contribution is -2.46. The molecule has 3 rings (SSSR count). The number of rotatable bonds is 4. The zero-order chi connectivity index (χ0) is 15.6. The van der Waals surface area contributed by atoms with Crippen LogP contribution in [-0.2, 0) is 10.0 Å². The zero-order valence-electron chi connectivity index (χ0n) is 11.8. The number of hydrogen-bond acceptors (Lipinski definition) is 5. The molecular formula is C14H16N2O3S3. The maximum atomic E-state index is 12.2. The molecule has 0 spiro atoms. The zero-order valence-corrected chi connectivity index (χ0v) is 14.2. The molecule has 1 amide bonds. The van der Waals surface area contributed by atoms with Gasteiger partial charge in [0.25, 0.3) is 5.91 Å². The lowest BCUT2D eigenvalue weighted by Gasteiger charge is -2.31. The van der Waals surface area contributed by atoms with Crippen molar-refractivity contribution in [2.45, 2.75) is 23.1 Å². The molecule has 0 atom stereocenters. The van der Waals surface area contributed by atoms with Crippen molar-refractivity contribution in [3.8, 4) is 0 Å². The van der Waals surface area contributed by atoms with Crippen LogP contribution in [0, 0.1) is 0 Å². The molecule has 0 bridgehead atoms. The Bertz CT molecular complexity index is 715. The summed E-state index contributed by atoms with van der Waals surface area (Å²) in [6.07, 6.45) is 1.28. The largest absolute Gasteiger partial charge is 0.338 e. The fourth-order valence-corrected chi connectivity index (χ4v) is 5.46. The summed E-state index contributed by atoms with van der Waals surface area (Å²) in [6, 6.07) is 6.89. The number of amides is 1. The number of nitrogens with zero attached hydrogens (tertiary/aromatic N) is 1. The van der Waals surface area contributed by atoms with Gasteiger partial charge in [-0.25, -0.2) is 13.1 Å². The van der Waals surface area contributed by atoms with Crippen LogP contribution in [0.15, 0.2) is 39.2 Å². The highest BCUT2D eigenvalue weighted by Crippen LogP contribution is 2.20. The first-order chi connectivity index (χ1) is 10.6. The Morgan fingerprint density at radius 2 is 1.82 bits per heavy atom. The van der Waals surface area contributed by atoms with Gasteiger partial charge in [0.1, 0.15) is 4.21 Å². The molecule has 0 aliphatic carbocycles. The summed E-state index contributed by atoms with van der Waals surface area (Å²) < 4.78 is 27.4. The Kier molecular flexibility index (Phi) is 4.62. The minimum absolute atomic E-state index is 0.0366. The third kappa shape index (κ3) is 3.40. The first-order valence-corrected chi connectivity index (χ1v) is 10.2. The van der Waals surface area contributed by atoms with E-state index < -0.39 is 10.0 Å². The predicted octanol–water partition coefficient (Wildman–Crippen LogP) is 2.39. The summed E-state index contributed by atoms with van der Waals surface area (Å²) in [6.45, 7) is 1.16. The molecule has 5 nitrogen and oxygen atoms in total. The van der Waals surface area contributed by atoms with Crippen molar-refractivity contribution in [2.24, 2.45) is 0 Å². The molecule has 1 aliphatic rings. The van der Waals surface area contributed by atoms with Crippen LogP contribution in [0.25, 0.3) is 0 Å². The third-order valence-electron chi connectivity index (χ3n) is 3.60. The predicted molar refractivity (Wildman–Crippen MR) is 87.9 cm³/mol. The highest BCUT2D eigenvalue weighted by atomic mass is 32.2. The van der Waals surface area contributed by atoms with E-state index in [-0.39, 0.29) is 11.9 Å². The smallest absolute Gasteiger partial charge is 0.263 e. The minimum Gasteiger partial charge on any atom is -0.338 e. The van der Waals surface area contributed by atoms with Gasteiger partial charge in [0, 0.05) is 19.1 Å². The van der Waals surface area contributed by atoms with Crippen LogP contribution in [0.3, 0.4) is 0 Å². The van der Waals surface area contributed by atoms with Gasteiger partial charge in [-0.1, -0.05) is 12.1 Å². The van der Waals surface area contributed by atoms with Gasteiger partial charge in [0.15, 0.2) is 0 Å². The van der Waals surface area contributed by atoms with E-state index in [1.807, 2.05) is 17.5 Å². The first-order valence-electron chi connectivity index (χ1n) is 6.95. The second kappa shape index (κ2) is 6.49. The number of nitrogens with one attached hydrogen (secondary N) is 1. The summed E-state index contributed by atoms with van der Waals surface area (Å²) in [4.78, 5) is 14.8. The van der Waals surface area contributed by atoms with Gasteiger partial charge in [-0.2, -0.15) is 0 Å². The van der Waals surface area contributed by atoms with E-state index in [0.717, 1.165) is 4.88 Å². The van der Waals surface area contributed by atoms with Crippen molar-refractivity contribution >= 4 is 38.6 Å². The Balaban J connectivity index is 1.57. The minimum atomic E-state index is -3.43. The summed E-state index contributed by atoms with van der Waals surface area (Å²) in [5, 5.41) is 3.63. The molecule has 1 N–H and O–H groups in total. The molecular weight excluding hydrogens is 340 g/mol. The standard InChI is InChI=1S/C14H16N2O3S3/c17-14(12-3-1-9-20-12)16-7-5-11(6-8-16)15-22(18,19)13-4-2-10-21-13/h1-4,9-11,15H,5-8H2. The van der Waals surface area contributed by atoms with Gasteiger partial charge in [0.05, 0.1) is 4.88 Å². The molecule has 8 heteroatoms. The molecule has 0 saturated carbocycles. The van der Waals surface area contributed by atoms with Crippen LogP contribution in [-0.4, -0.2) is 38.4 Å². The second-order valence-corrected chi connectivity index (χ2v) is 8.93. The van der Waals surface area contributed by atoms with Crippen molar-refractivity contribution in [3.63, 3.8) is 0 Å². The monoisotopic (exact) mass is 356 g/mol. The van der Waals surface area contributed by atoms with Gasteiger partial charge >= 0.3 is 0 Å². The lowest BCUT2D eigenvalue weighted by molar-refractivity contribution is 0.0716. The quantitative estimate of drug-likeness (QED) is 0.915. The van der Waals surface area contributed by atoms with Crippen molar-refractivity contribution < 1.29 is 13.2 Å². The molecule has 1 saturated heterocycles. The van der Waals surface area contributed by atoms with E-state index in [1.165, 1.54) is 22.7 Å². The third-order valence-corrected chi connectivity index (χ3v) is 7.37. The average molecular weight is 356 g/mol. The normalized spacial score (nSPS) is 16.8. The number of carbonyl (C=O) groups excluding carboxylic acids is 1. The Hall–Kier alpha value is -1.22. The molecule has 118 valence electrons. The van der Waals surface area contributed by atoms with Gasteiger partial charge in [-0.15, -0.1) is 22.7 Å². The molecule has 2 aromatic rings. The van der Waals surface area contributed by atoms with Gasteiger partial charge in [-0.05, 0) is 35.7 Å². The van der Waals surface area contributed by atoms with E-state index in [1.54, 1.807) is 22.4 Å². The molecule has 1 aliphatic heterocycles. The SMILES string of the molecule is O=C(c1cccs1)N1CCC(NS(=O)(=O)c2cccs2)CC1. The fraction of sp³-hybridized carbons (Fsp3) is 0.357. The number of carbonyl (C=O) groups is 1. The van der Waals surface area contributed by atoms with Crippen LogP contribution in [0.1, 0.15) is 22.5 Å². The Morgan fingerprint density at radius 1 is 1.14 bits per heavy atom. The second-order valence-electron chi connectivity index (χ2n) is 5.10. The van der Waals surface area contributed by atoms with Gasteiger partial charge in [-0.3, -0.25) is 4.79 Å². The maximum absolute atomic E-state index is 12.2. The Labute approximate surface area is 137 Å². The van der Waals surface area contributed by atoms with Crippen molar-refractivity contribution in [3.05, 3.63) is 39.9 Å². The highest BCUT2D eigenvalue weighted by molar-refractivity contribution is 7.91. The van der Waals surface area contributed by atoms with Crippen LogP contribution >= 0.6 is 22.7 Å². The van der Waals surface area contributed by atoms with E-state index in [9.17, 15) is 13.2 Å². The molecule has 1 fully saturated rings. The van der Waals surface area contributed by atoms with Crippen LogP contribution < -0.4 is 4.72 Å². The molecule has 0 unspecified atom stereocenters. The Morgan fingerprint density at radius 3 is 2.41 bits per heavy atom. The summed E-state index contributed by atoms with van der Waals surface area (Å²) >= 11 is 2.64. The van der Waals surface area contributed by atoms with E-state index in [0.29, 0.717) is 30.1 Å². The fourth-order valence-electron chi connectivity index (χ4n) is 2.45. The van der Waals surface area contributed by atoms with Crippen LogP contribution in [0.5, 0.6) is 0 Å². The molecule has 0 radical (unpaired) electrons. The van der Waals surface area contributed by atoms with Crippen LogP contribution in [0.2, 0.25) is 0 Å². The van der Waals surface area contributed by atoms with E-state index >= 15 is 0 Å². The molecule has 0 aromatic carbocycles. The van der Waals surface area contributed by atoms with Gasteiger partial charge < -0.3 is 4.90 Å². The number of hydrogen-bond donors (Lipinski definition) is 1. The number of piperidine rings is 1. The molecule has 22 heavy (non-hydrogen) atoms. The summed E-state index contributed by atoms with van der Waals surface area (Å²) in [5.74, 6) is 0.0366. The topological polar surface area (TPSA) is 66.5 Å². The van der Waals surface area contributed by atoms with Crippen molar-refractivity contribution in [2.75, 3.05) is 13.1 Å². The molecule has 3 heterocycles. The van der Waals surface area contributed by atoms with Crippen LogP contribution in [0.4, 0.5) is 0 Å². The van der Waals surface area contributed by atoms with Crippen molar-refractivity contribution in [1.29, 1.82) is 0 Å². The number of likely N-dealkylation sites (tertiary alicyclic amines) is 1. The van der Waals surface area contributed by atoms with Crippen molar-refractivity contribution in [1.82, 2.24) is 9.62 Å². The van der Waals surface area contributed by atoms with E-state index in [4.69, 9.17) is 0 Å². The van der Waals surface area contributed by atoms with Gasteiger partial charge in [0.2, 0.25) is 10.0 Å². The maximum Gasteiger partial charge on any atom is 0.263 e. The highest BCUT2D eigenvalue weighted by Gasteiger charge is 2.27. The first kappa shape index (κ1) is 15.7. The van der Waals surface area contributed by atoms with E-state index in [2.05, 4.69) is 4.72 Å². The number of thiophene rings is 2. The average Bonchev–Trinajstić information content (AvgIpc) is 3.20. The lowest BCUT2D eigenvalue weighted by atomic mass is 10.1. The molecule has 2 aromatic heterocycles.